The lowest BCUT2D eigenvalue weighted by molar-refractivity contribution is -0.193. The minimum atomic E-state index is -5.08. The van der Waals surface area contributed by atoms with Crippen LogP contribution in [0.25, 0.3) is 5.95 Å². The molecule has 15 nitrogen and oxygen atoms in total. The number of nitrogen functional groups attached to an aromatic ring is 1. The monoisotopic (exact) mass is 747 g/mol. The number of aromatic nitrogens is 5. The molecule has 0 aliphatic carbocycles. The van der Waals surface area contributed by atoms with E-state index in [1.807, 2.05) is 25.9 Å². The Balaban J connectivity index is 0.000000564. The van der Waals surface area contributed by atoms with Crippen LogP contribution in [0.1, 0.15) is 35.5 Å². The van der Waals surface area contributed by atoms with E-state index in [9.17, 15) is 31.1 Å². The molecular formula is C30H32F7N9O6. The molecule has 0 aliphatic heterocycles. The first-order valence-corrected chi connectivity index (χ1v) is 14.5. The van der Waals surface area contributed by atoms with Gasteiger partial charge in [-0.3, -0.25) is 10.4 Å². The molecule has 7 N–H and O–H groups in total. The van der Waals surface area contributed by atoms with Crippen molar-refractivity contribution in [3.63, 3.8) is 0 Å². The third-order valence-electron chi connectivity index (χ3n) is 6.28. The fourth-order valence-electron chi connectivity index (χ4n) is 3.75. The van der Waals surface area contributed by atoms with Crippen LogP contribution in [-0.4, -0.2) is 97.2 Å². The topological polar surface area (TPSA) is 225 Å². The van der Waals surface area contributed by atoms with Crippen LogP contribution in [0.4, 0.5) is 36.4 Å². The molecule has 0 aliphatic rings. The van der Waals surface area contributed by atoms with E-state index < -0.39 is 41.8 Å². The van der Waals surface area contributed by atoms with E-state index >= 15 is 4.39 Å². The number of H-pyrrole nitrogens is 1. The highest BCUT2D eigenvalue weighted by molar-refractivity contribution is 5.95. The van der Waals surface area contributed by atoms with Crippen molar-refractivity contribution in [3.05, 3.63) is 93.7 Å². The zero-order valence-electron chi connectivity index (χ0n) is 27.4. The van der Waals surface area contributed by atoms with Crippen molar-refractivity contribution in [2.45, 2.75) is 31.7 Å². The lowest BCUT2D eigenvalue weighted by Gasteiger charge is -2.21. The number of nitrogens with one attached hydrogen (secondary N) is 3. The molecule has 1 atom stereocenters. The third-order valence-corrected chi connectivity index (χ3v) is 6.28. The number of anilines is 1. The van der Waals surface area contributed by atoms with Gasteiger partial charge in [0.1, 0.15) is 18.5 Å². The number of aliphatic carboxylic acids is 2. The number of rotatable bonds is 11. The average Bonchev–Trinajstić information content (AvgIpc) is 3.45. The number of nitrogens with two attached hydrogens (primary N) is 1. The Morgan fingerprint density at radius 1 is 1.04 bits per heavy atom. The number of hydrogen-bond donors (Lipinski definition) is 6. The zero-order chi connectivity index (χ0) is 39.4. The Bertz CT molecular complexity index is 1840. The number of halogens is 7. The first-order valence-electron chi connectivity index (χ1n) is 14.5. The van der Waals surface area contributed by atoms with Gasteiger partial charge in [0.2, 0.25) is 0 Å². The van der Waals surface area contributed by atoms with Crippen LogP contribution in [0.2, 0.25) is 0 Å². The third kappa shape index (κ3) is 12.7. The molecule has 0 radical (unpaired) electrons. The Kier molecular flexibility index (Phi) is 14.8. The summed E-state index contributed by atoms with van der Waals surface area (Å²) in [5, 5.41) is 29.5. The molecule has 0 amide bonds. The van der Waals surface area contributed by atoms with Gasteiger partial charge in [0.05, 0.1) is 0 Å². The number of carbonyl (C=O) groups is 2. The fraction of sp³-hybridized carbons (Fsp3) is 0.300. The smallest absolute Gasteiger partial charge is 0.489 e. The highest BCUT2D eigenvalue weighted by Crippen LogP contribution is 2.33. The number of amidine groups is 1. The second-order valence-electron chi connectivity index (χ2n) is 10.5. The van der Waals surface area contributed by atoms with Crippen LogP contribution in [-0.2, 0) is 16.0 Å². The van der Waals surface area contributed by atoms with Crippen LogP contribution in [0.15, 0.2) is 59.7 Å². The number of aromatic amines is 1. The standard InChI is InChI=1S/C26H30FN9O2.2C2HF3O2/c1-4-16-14-19(21(27)20(15-16)38-13-12-35(2)3)22(32-18-8-6-17(7-9-18)23(28)29)24-33-26(37)36(34-24)25-30-10-5-11-31-25;2*3-2(4,5)1(6)7/h5-11,14-15,22,32H,4,12-13H2,1-3H3,(H3,28,29)(H,33,34,37);2*(H,6,7). The van der Waals surface area contributed by atoms with Crippen LogP contribution in [0.5, 0.6) is 5.75 Å². The van der Waals surface area contributed by atoms with Gasteiger partial charge in [0, 0.05) is 35.8 Å². The number of nitrogens with zero attached hydrogens (tertiary/aromatic N) is 5. The van der Waals surface area contributed by atoms with Crippen LogP contribution in [0.3, 0.4) is 0 Å². The summed E-state index contributed by atoms with van der Waals surface area (Å²) in [7, 11) is 3.82. The fourth-order valence-corrected chi connectivity index (χ4v) is 3.75. The van der Waals surface area contributed by atoms with Gasteiger partial charge in [-0.15, -0.1) is 9.78 Å². The molecule has 4 aromatic rings. The Hall–Kier alpha value is -6.06. The predicted molar refractivity (Wildman–Crippen MR) is 170 cm³/mol. The number of carboxylic acid groups (broad SMARTS) is 2. The molecule has 22 heteroatoms. The molecule has 4 rings (SSSR count). The zero-order valence-corrected chi connectivity index (χ0v) is 27.4. The first-order chi connectivity index (χ1) is 24.1. The van der Waals surface area contributed by atoms with Gasteiger partial charge in [-0.1, -0.05) is 13.0 Å². The molecule has 0 bridgehead atoms. The highest BCUT2D eigenvalue weighted by Gasteiger charge is 2.39. The maximum absolute atomic E-state index is 16.0. The number of likely N-dealkylation sites (N-methyl/N-ethyl adjacent to an activating group) is 1. The number of benzene rings is 2. The van der Waals surface area contributed by atoms with Crippen molar-refractivity contribution in [1.29, 1.82) is 5.41 Å². The van der Waals surface area contributed by atoms with E-state index in [4.69, 9.17) is 35.7 Å². The Morgan fingerprint density at radius 2 is 1.58 bits per heavy atom. The molecular weight excluding hydrogens is 715 g/mol. The molecule has 0 spiro atoms. The van der Waals surface area contributed by atoms with Crippen LogP contribution in [0, 0.1) is 11.2 Å². The summed E-state index contributed by atoms with van der Waals surface area (Å²) in [4.78, 5) is 43.4. The normalized spacial score (nSPS) is 11.8. The van der Waals surface area contributed by atoms with Crippen molar-refractivity contribution in [3.8, 4) is 11.7 Å². The molecule has 0 saturated heterocycles. The minimum absolute atomic E-state index is 0.0692. The molecule has 0 fully saturated rings. The summed E-state index contributed by atoms with van der Waals surface area (Å²) in [6.45, 7) is 2.88. The van der Waals surface area contributed by atoms with Gasteiger partial charge in [-0.2, -0.15) is 26.3 Å². The van der Waals surface area contributed by atoms with Crippen molar-refractivity contribution in [1.82, 2.24) is 29.6 Å². The van der Waals surface area contributed by atoms with Crippen molar-refractivity contribution in [2.75, 3.05) is 32.6 Å². The maximum atomic E-state index is 16.0. The van der Waals surface area contributed by atoms with E-state index in [2.05, 4.69) is 25.4 Å². The summed E-state index contributed by atoms with van der Waals surface area (Å²) in [5.41, 5.74) is 7.25. The van der Waals surface area contributed by atoms with Crippen LogP contribution >= 0.6 is 0 Å². The second kappa shape index (κ2) is 18.3. The number of ether oxygens (including phenoxy) is 1. The number of hydrogen-bond acceptors (Lipinski definition) is 10. The van der Waals surface area contributed by atoms with Gasteiger partial charge in [-0.25, -0.2) is 28.7 Å². The van der Waals surface area contributed by atoms with E-state index in [0.717, 1.165) is 10.2 Å². The Morgan fingerprint density at radius 3 is 2.04 bits per heavy atom. The quantitative estimate of drug-likeness (QED) is 0.0733. The van der Waals surface area contributed by atoms with Gasteiger partial charge in [0.15, 0.2) is 17.4 Å². The van der Waals surface area contributed by atoms with Crippen LogP contribution < -0.4 is 21.5 Å². The van der Waals surface area contributed by atoms with E-state index in [0.29, 0.717) is 30.8 Å². The largest absolute Gasteiger partial charge is 0.490 e. The summed E-state index contributed by atoms with van der Waals surface area (Å²) >= 11 is 0. The van der Waals surface area contributed by atoms with Gasteiger partial charge in [0.25, 0.3) is 5.95 Å². The van der Waals surface area contributed by atoms with Gasteiger partial charge < -0.3 is 30.9 Å². The lowest BCUT2D eigenvalue weighted by Crippen LogP contribution is -2.21. The average molecular weight is 748 g/mol. The predicted octanol–water partition coefficient (Wildman–Crippen LogP) is 3.74. The molecule has 52 heavy (non-hydrogen) atoms. The highest BCUT2D eigenvalue weighted by atomic mass is 19.4. The number of aryl methyl sites for hydroxylation is 1. The van der Waals surface area contributed by atoms with E-state index in [1.165, 1.54) is 12.4 Å². The van der Waals surface area contributed by atoms with Crippen molar-refractivity contribution < 1.29 is 55.3 Å². The summed E-state index contributed by atoms with van der Waals surface area (Å²) < 4.78 is 86.3. The summed E-state index contributed by atoms with van der Waals surface area (Å²) in [6, 6.07) is 10.9. The first kappa shape index (κ1) is 42.1. The van der Waals surface area contributed by atoms with Crippen molar-refractivity contribution >= 4 is 23.5 Å². The minimum Gasteiger partial charge on any atom is -0.489 e. The number of carboxylic acids is 2. The summed E-state index contributed by atoms with van der Waals surface area (Å²) in [6.07, 6.45) is -6.53. The van der Waals surface area contributed by atoms with Gasteiger partial charge >= 0.3 is 30.0 Å². The number of alkyl halides is 6. The molecule has 0 saturated carbocycles. The summed E-state index contributed by atoms with van der Waals surface area (Å²) in [5.74, 6) is -5.79. The van der Waals surface area contributed by atoms with E-state index in [-0.39, 0.29) is 28.9 Å². The maximum Gasteiger partial charge on any atom is 0.490 e. The van der Waals surface area contributed by atoms with Crippen molar-refractivity contribution in [2.24, 2.45) is 5.73 Å². The molecule has 2 aromatic carbocycles. The Labute approximate surface area is 289 Å². The van der Waals surface area contributed by atoms with Gasteiger partial charge in [-0.05, 0) is 62.5 Å². The van der Waals surface area contributed by atoms with E-state index in [1.54, 1.807) is 42.5 Å². The SMILES string of the molecule is CCc1cc(OCCN(C)C)c(F)c(C(Nc2ccc(C(=N)N)cc2)c2nn(-c3ncccn3)c(=O)[nH]2)c1.O=C(O)C(F)(F)F.O=C(O)C(F)(F)F. The molecule has 2 heterocycles. The second-order valence-corrected chi connectivity index (χ2v) is 10.5. The molecule has 2 aromatic heterocycles. The molecule has 1 unspecified atom stereocenters. The molecule has 282 valence electrons. The lowest BCUT2D eigenvalue weighted by atomic mass is 10.00.